The Bertz CT molecular complexity index is 1690. The van der Waals surface area contributed by atoms with Crippen LogP contribution in [0.2, 0.25) is 0 Å². The van der Waals surface area contributed by atoms with Crippen LogP contribution in [0.3, 0.4) is 0 Å². The van der Waals surface area contributed by atoms with Gasteiger partial charge >= 0.3 is 0 Å². The van der Waals surface area contributed by atoms with Crippen LogP contribution in [0, 0.1) is 13.8 Å². The number of fused-ring (bicyclic) bond motifs is 5. The molecule has 0 aliphatic carbocycles. The number of likely N-dealkylation sites (tertiary alicyclic amines) is 1. The molecule has 2 aromatic carbocycles. The smallest absolute Gasteiger partial charge is 0.255 e. The minimum atomic E-state index is -3.34. The minimum absolute atomic E-state index is 0.175. The van der Waals surface area contributed by atoms with Gasteiger partial charge in [-0.25, -0.2) is 8.42 Å². The first-order chi connectivity index (χ1) is 22.0. The van der Waals surface area contributed by atoms with Gasteiger partial charge in [-0.15, -0.1) is 0 Å². The van der Waals surface area contributed by atoms with Gasteiger partial charge in [0.05, 0.1) is 41.0 Å². The summed E-state index contributed by atoms with van der Waals surface area (Å²) in [5.74, 6) is 0.562. The molecule has 6 rings (SSSR count). The van der Waals surface area contributed by atoms with E-state index in [1.54, 1.807) is 42.5 Å². The number of aliphatic hydroxyl groups excluding tert-OH is 1. The van der Waals surface area contributed by atoms with Crippen LogP contribution in [0.5, 0.6) is 5.75 Å². The number of sulfone groups is 1. The van der Waals surface area contributed by atoms with E-state index in [2.05, 4.69) is 15.8 Å². The molecule has 12 nitrogen and oxygen atoms in total. The maximum Gasteiger partial charge on any atom is 0.255 e. The van der Waals surface area contributed by atoms with Gasteiger partial charge in [0.25, 0.3) is 5.91 Å². The van der Waals surface area contributed by atoms with Gasteiger partial charge in [0.2, 0.25) is 5.91 Å². The van der Waals surface area contributed by atoms with Crippen LogP contribution in [-0.4, -0.2) is 91.7 Å². The van der Waals surface area contributed by atoms with Crippen molar-refractivity contribution in [2.24, 2.45) is 0 Å². The summed E-state index contributed by atoms with van der Waals surface area (Å²) in [6, 6.07) is 11.0. The summed E-state index contributed by atoms with van der Waals surface area (Å²) in [6.07, 6.45) is 1.85. The number of carbonyl (C=O) groups excluding carboxylic acids is 2. The summed E-state index contributed by atoms with van der Waals surface area (Å²) in [6.45, 7) is 5.00. The van der Waals surface area contributed by atoms with E-state index in [0.717, 1.165) is 28.6 Å². The van der Waals surface area contributed by atoms with Crippen molar-refractivity contribution < 1.29 is 37.1 Å². The van der Waals surface area contributed by atoms with Gasteiger partial charge in [-0.2, -0.15) is 0 Å². The summed E-state index contributed by atoms with van der Waals surface area (Å²) >= 11 is 0. The summed E-state index contributed by atoms with van der Waals surface area (Å²) in [5.41, 5.74) is 3.55. The number of benzene rings is 2. The lowest BCUT2D eigenvalue weighted by Gasteiger charge is -2.34. The number of rotatable bonds is 4. The van der Waals surface area contributed by atoms with Crippen molar-refractivity contribution in [2.75, 3.05) is 26.0 Å². The molecule has 3 N–H and O–H groups in total. The Labute approximate surface area is 268 Å². The second-order valence-corrected chi connectivity index (χ2v) is 14.5. The predicted molar refractivity (Wildman–Crippen MR) is 168 cm³/mol. The first kappa shape index (κ1) is 32.2. The molecule has 1 aromatic heterocycles. The molecule has 4 bridgehead atoms. The molecule has 46 heavy (non-hydrogen) atoms. The molecular weight excluding hydrogens is 612 g/mol. The summed E-state index contributed by atoms with van der Waals surface area (Å²) < 4.78 is 41.7. The summed E-state index contributed by atoms with van der Waals surface area (Å²) in [7, 11) is -3.34. The first-order valence-corrected chi connectivity index (χ1v) is 17.5. The van der Waals surface area contributed by atoms with Crippen molar-refractivity contribution in [1.82, 2.24) is 20.7 Å². The molecule has 0 radical (unpaired) electrons. The van der Waals surface area contributed by atoms with Crippen molar-refractivity contribution >= 4 is 21.7 Å². The Morgan fingerprint density at radius 3 is 2.52 bits per heavy atom. The van der Waals surface area contributed by atoms with E-state index in [0.29, 0.717) is 55.8 Å². The van der Waals surface area contributed by atoms with E-state index in [1.165, 1.54) is 0 Å². The van der Waals surface area contributed by atoms with E-state index in [1.807, 2.05) is 18.7 Å². The maximum atomic E-state index is 13.8. The average molecular weight is 653 g/mol. The number of amides is 2. The number of aliphatic hydroxyl groups is 1. The standard InChI is InChI=1S/C33H40N4O8S/c1-19-27(20(2)45-36-19)18-37-17-23-15-28(37)33(40)34-16-31-29(38)11-7-24(44-31)12-13-43-30-14-22(6-10-26(30)32(39)35-23)21-4-8-25(9-5-21)46(3,41)42/h4-6,8-10,14,23-24,28-29,31,38H,7,11-13,15-18H2,1-3H3,(H,34,40)(H,35,39)/t23-,24-,28-,29-,31+/m0/s1. The Balaban J connectivity index is 1.30. The highest BCUT2D eigenvalue weighted by Gasteiger charge is 2.39. The van der Waals surface area contributed by atoms with Crippen LogP contribution >= 0.6 is 0 Å². The number of aromatic nitrogens is 1. The molecule has 2 fully saturated rings. The van der Waals surface area contributed by atoms with Crippen LogP contribution in [0.25, 0.3) is 11.1 Å². The van der Waals surface area contributed by atoms with Crippen LogP contribution in [0.1, 0.15) is 53.1 Å². The molecule has 0 saturated carbocycles. The molecule has 0 unspecified atom stereocenters. The molecule has 0 spiro atoms. The molecular formula is C33H40N4O8S. The molecule has 3 aromatic rings. The fourth-order valence-electron chi connectivity index (χ4n) is 6.52. The monoisotopic (exact) mass is 652 g/mol. The zero-order chi connectivity index (χ0) is 32.6. The Morgan fingerprint density at radius 2 is 1.80 bits per heavy atom. The van der Waals surface area contributed by atoms with Crippen molar-refractivity contribution in [3.63, 3.8) is 0 Å². The minimum Gasteiger partial charge on any atom is -0.493 e. The molecule has 4 heterocycles. The lowest BCUT2D eigenvalue weighted by atomic mass is 9.99. The third-order valence-electron chi connectivity index (χ3n) is 9.18. The van der Waals surface area contributed by atoms with E-state index in [4.69, 9.17) is 14.0 Å². The predicted octanol–water partition coefficient (Wildman–Crippen LogP) is 2.54. The molecule has 13 heteroatoms. The molecule has 5 atom stereocenters. The van der Waals surface area contributed by atoms with Crippen molar-refractivity contribution in [1.29, 1.82) is 0 Å². The molecule has 246 valence electrons. The van der Waals surface area contributed by atoms with E-state index < -0.39 is 28.1 Å². The van der Waals surface area contributed by atoms with Crippen molar-refractivity contribution in [3.8, 4) is 16.9 Å². The lowest BCUT2D eigenvalue weighted by Crippen LogP contribution is -2.50. The molecule has 3 aliphatic rings. The van der Waals surface area contributed by atoms with Gasteiger partial charge in [0.15, 0.2) is 9.84 Å². The van der Waals surface area contributed by atoms with Crippen molar-refractivity contribution in [3.05, 3.63) is 65.0 Å². The van der Waals surface area contributed by atoms with E-state index in [-0.39, 0.29) is 42.0 Å². The van der Waals surface area contributed by atoms with Gasteiger partial charge < -0.3 is 29.7 Å². The fourth-order valence-corrected chi connectivity index (χ4v) is 7.15. The van der Waals surface area contributed by atoms with Gasteiger partial charge in [-0.3, -0.25) is 14.5 Å². The number of hydrogen-bond donors (Lipinski definition) is 3. The highest BCUT2D eigenvalue weighted by Crippen LogP contribution is 2.31. The summed E-state index contributed by atoms with van der Waals surface area (Å²) in [5, 5.41) is 20.8. The van der Waals surface area contributed by atoms with Gasteiger partial charge in [-0.05, 0) is 68.5 Å². The normalized spacial score (nSPS) is 26.1. The van der Waals surface area contributed by atoms with Crippen LogP contribution in [0.15, 0.2) is 51.9 Å². The zero-order valence-corrected chi connectivity index (χ0v) is 27.0. The number of aryl methyl sites for hydroxylation is 2. The Morgan fingerprint density at radius 1 is 1.04 bits per heavy atom. The van der Waals surface area contributed by atoms with E-state index >= 15 is 0 Å². The third kappa shape index (κ3) is 6.97. The van der Waals surface area contributed by atoms with Crippen LogP contribution < -0.4 is 15.4 Å². The number of carbonyl (C=O) groups is 2. The molecule has 2 saturated heterocycles. The topological polar surface area (TPSA) is 160 Å². The highest BCUT2D eigenvalue weighted by atomic mass is 32.2. The second kappa shape index (κ2) is 13.1. The molecule has 2 amide bonds. The van der Waals surface area contributed by atoms with Crippen LogP contribution in [0.4, 0.5) is 0 Å². The fraction of sp³-hybridized carbons (Fsp3) is 0.485. The Hall–Kier alpha value is -3.78. The largest absolute Gasteiger partial charge is 0.493 e. The van der Waals surface area contributed by atoms with Crippen molar-refractivity contribution in [2.45, 2.75) is 81.4 Å². The zero-order valence-electron chi connectivity index (χ0n) is 26.2. The quantitative estimate of drug-likeness (QED) is 0.382. The molecule has 3 aliphatic heterocycles. The van der Waals surface area contributed by atoms with E-state index in [9.17, 15) is 23.1 Å². The van der Waals surface area contributed by atoms with Gasteiger partial charge in [0.1, 0.15) is 17.6 Å². The number of nitrogens with zero attached hydrogens (tertiary/aromatic N) is 2. The van der Waals surface area contributed by atoms with Gasteiger partial charge in [-0.1, -0.05) is 23.4 Å². The lowest BCUT2D eigenvalue weighted by molar-refractivity contribution is -0.133. The number of ether oxygens (including phenoxy) is 2. The highest BCUT2D eigenvalue weighted by molar-refractivity contribution is 7.90. The number of hydrogen-bond acceptors (Lipinski definition) is 10. The number of nitrogens with one attached hydrogen (secondary N) is 2. The van der Waals surface area contributed by atoms with Gasteiger partial charge in [0, 0.05) is 43.9 Å². The average Bonchev–Trinajstić information content (AvgIpc) is 3.57. The summed E-state index contributed by atoms with van der Waals surface area (Å²) in [4.78, 5) is 29.6. The maximum absolute atomic E-state index is 13.8. The second-order valence-electron chi connectivity index (χ2n) is 12.5. The third-order valence-corrected chi connectivity index (χ3v) is 10.3. The first-order valence-electron chi connectivity index (χ1n) is 15.6. The Kier molecular flexibility index (Phi) is 9.19. The van der Waals surface area contributed by atoms with Crippen LogP contribution in [-0.2, 0) is 25.9 Å². The SMILES string of the molecule is Cc1noc(C)c1CN1C[C@@H]2C[C@H]1C(=O)NC[C@H]1O[C@H](CCOc3cc(-c4ccc(S(C)(=O)=O)cc4)ccc3C(=O)N2)CC[C@@H]1O.